The molecule has 0 aliphatic carbocycles. The second-order valence-corrected chi connectivity index (χ2v) is 9.41. The summed E-state index contributed by atoms with van der Waals surface area (Å²) in [6.45, 7) is 2.17. The summed E-state index contributed by atoms with van der Waals surface area (Å²) in [5.41, 5.74) is 3.18. The van der Waals surface area contributed by atoms with E-state index >= 15 is 0 Å². The van der Waals surface area contributed by atoms with Gasteiger partial charge in [0.25, 0.3) is 10.1 Å². The van der Waals surface area contributed by atoms with E-state index in [0.29, 0.717) is 25.0 Å². The largest absolute Gasteiger partial charge is 0.361 e. The summed E-state index contributed by atoms with van der Waals surface area (Å²) >= 11 is 0. The van der Waals surface area contributed by atoms with Crippen LogP contribution >= 0.6 is 0 Å². The summed E-state index contributed by atoms with van der Waals surface area (Å²) in [6, 6.07) is 20.1. The second-order valence-electron chi connectivity index (χ2n) is 7.80. The first kappa shape index (κ1) is 22.2. The Bertz CT molecular complexity index is 1260. The number of fused-ring (bicyclic) bond motifs is 1. The van der Waals surface area contributed by atoms with Crippen molar-refractivity contribution in [2.24, 2.45) is 0 Å². The Kier molecular flexibility index (Phi) is 6.11. The van der Waals surface area contributed by atoms with Crippen molar-refractivity contribution in [2.45, 2.75) is 36.9 Å². The van der Waals surface area contributed by atoms with Crippen LogP contribution in [0.15, 0.2) is 71.6 Å². The van der Waals surface area contributed by atoms with Crippen LogP contribution in [0.2, 0.25) is 0 Å². The molecule has 1 aliphatic rings. The van der Waals surface area contributed by atoms with E-state index in [1.165, 1.54) is 24.3 Å². The van der Waals surface area contributed by atoms with Crippen molar-refractivity contribution < 1.29 is 21.7 Å². The molecule has 0 amide bonds. The lowest BCUT2D eigenvalue weighted by atomic mass is 9.81. The zero-order valence-corrected chi connectivity index (χ0v) is 18.4. The molecule has 0 radical (unpaired) electrons. The van der Waals surface area contributed by atoms with Crippen molar-refractivity contribution in [1.82, 2.24) is 0 Å². The molecule has 3 aromatic rings. The van der Waals surface area contributed by atoms with Gasteiger partial charge >= 0.3 is 0 Å². The first-order valence-corrected chi connectivity index (χ1v) is 11.6. The van der Waals surface area contributed by atoms with Crippen molar-refractivity contribution >= 4 is 10.1 Å². The van der Waals surface area contributed by atoms with E-state index in [1.54, 1.807) is 36.4 Å². The number of benzene rings is 3. The molecule has 1 unspecified atom stereocenters. The highest BCUT2D eigenvalue weighted by Gasteiger charge is 2.41. The lowest BCUT2D eigenvalue weighted by Gasteiger charge is -2.30. The molecule has 7 heteroatoms. The maximum atomic E-state index is 13.6. The third kappa shape index (κ3) is 4.30. The lowest BCUT2D eigenvalue weighted by Crippen LogP contribution is -2.27. The van der Waals surface area contributed by atoms with Gasteiger partial charge in [0.1, 0.15) is 11.4 Å². The van der Waals surface area contributed by atoms with Gasteiger partial charge in [0.2, 0.25) is 0 Å². The molecule has 0 N–H and O–H groups in total. The Morgan fingerprint density at radius 3 is 2.50 bits per heavy atom. The molecule has 0 saturated heterocycles. The Hall–Kier alpha value is -3.05. The lowest BCUT2D eigenvalue weighted by molar-refractivity contribution is -0.0150. The van der Waals surface area contributed by atoms with E-state index in [0.717, 1.165) is 22.3 Å². The summed E-state index contributed by atoms with van der Waals surface area (Å²) in [7, 11) is -3.86. The fraction of sp³-hybridized carbons (Fsp3) is 0.240. The molecule has 1 aliphatic heterocycles. The van der Waals surface area contributed by atoms with Gasteiger partial charge in [-0.2, -0.15) is 13.7 Å². The Labute approximate surface area is 187 Å². The van der Waals surface area contributed by atoms with Gasteiger partial charge < -0.3 is 4.74 Å². The fourth-order valence-electron chi connectivity index (χ4n) is 4.03. The van der Waals surface area contributed by atoms with E-state index in [2.05, 4.69) is 6.07 Å². The van der Waals surface area contributed by atoms with Gasteiger partial charge in [-0.15, -0.1) is 0 Å². The molecule has 4 rings (SSSR count). The highest BCUT2D eigenvalue weighted by Crippen LogP contribution is 2.45. The highest BCUT2D eigenvalue weighted by molar-refractivity contribution is 7.86. The van der Waals surface area contributed by atoms with Crippen molar-refractivity contribution in [3.63, 3.8) is 0 Å². The number of hydrogen-bond donors (Lipinski definition) is 0. The van der Waals surface area contributed by atoms with Crippen LogP contribution in [-0.4, -0.2) is 15.0 Å². The summed E-state index contributed by atoms with van der Waals surface area (Å²) in [4.78, 5) is 0.114. The number of ether oxygens (including phenoxy) is 1. The van der Waals surface area contributed by atoms with Gasteiger partial charge in [-0.1, -0.05) is 35.9 Å². The number of hydrogen-bond acceptors (Lipinski definition) is 5. The molecule has 0 bridgehead atoms. The predicted molar refractivity (Wildman–Crippen MR) is 117 cm³/mol. The van der Waals surface area contributed by atoms with E-state index in [4.69, 9.17) is 8.92 Å². The Balaban J connectivity index is 1.55. The maximum absolute atomic E-state index is 13.6. The van der Waals surface area contributed by atoms with Crippen LogP contribution in [0.4, 0.5) is 4.39 Å². The molecule has 164 valence electrons. The number of nitriles is 1. The second kappa shape index (κ2) is 8.83. The summed E-state index contributed by atoms with van der Waals surface area (Å²) < 4.78 is 50.0. The summed E-state index contributed by atoms with van der Waals surface area (Å²) in [6.07, 6.45) is 0.822. The number of rotatable bonds is 7. The molecular weight excluding hydrogens is 429 g/mol. The van der Waals surface area contributed by atoms with Gasteiger partial charge in [-0.05, 0) is 72.9 Å². The molecular formula is C25H22FNO4S. The molecule has 0 spiro atoms. The number of halogens is 1. The molecule has 1 atom stereocenters. The SMILES string of the molecule is Cc1ccc(S(=O)(=O)OCCCC2(c3ccc(F)cc3)OCc3cc(C#N)ccc32)cc1. The maximum Gasteiger partial charge on any atom is 0.296 e. The molecule has 0 aromatic heterocycles. The standard InChI is InChI=1S/C25H22FNO4S/c1-18-3-10-23(11-4-18)32(28,29)31-14-2-13-25(21-6-8-22(26)9-7-21)24-12-5-19(16-27)15-20(24)17-30-25/h3-12,15H,2,13-14,17H2,1H3. The molecule has 3 aromatic carbocycles. The van der Waals surface area contributed by atoms with E-state index in [1.807, 2.05) is 13.0 Å². The Morgan fingerprint density at radius 1 is 1.09 bits per heavy atom. The Morgan fingerprint density at radius 2 is 1.81 bits per heavy atom. The third-order valence-electron chi connectivity index (χ3n) is 5.68. The van der Waals surface area contributed by atoms with Crippen molar-refractivity contribution in [1.29, 1.82) is 5.26 Å². The van der Waals surface area contributed by atoms with E-state index < -0.39 is 15.7 Å². The van der Waals surface area contributed by atoms with E-state index in [-0.39, 0.29) is 17.3 Å². The van der Waals surface area contributed by atoms with Gasteiger partial charge in [0, 0.05) is 0 Å². The van der Waals surface area contributed by atoms with Crippen molar-refractivity contribution in [2.75, 3.05) is 6.61 Å². The van der Waals surface area contributed by atoms with Crippen molar-refractivity contribution in [3.8, 4) is 6.07 Å². The van der Waals surface area contributed by atoms with Crippen LogP contribution in [-0.2, 0) is 31.2 Å². The molecule has 0 fully saturated rings. The monoisotopic (exact) mass is 451 g/mol. The first-order valence-electron chi connectivity index (χ1n) is 10.2. The highest BCUT2D eigenvalue weighted by atomic mass is 32.2. The summed E-state index contributed by atoms with van der Waals surface area (Å²) in [5.74, 6) is -0.352. The zero-order valence-electron chi connectivity index (χ0n) is 17.5. The normalized spacial score (nSPS) is 17.7. The van der Waals surface area contributed by atoms with Crippen molar-refractivity contribution in [3.05, 3.63) is 100 Å². The molecule has 32 heavy (non-hydrogen) atoms. The average molecular weight is 452 g/mol. The van der Waals surface area contributed by atoms with Crippen LogP contribution in [0.25, 0.3) is 0 Å². The minimum atomic E-state index is -3.86. The summed E-state index contributed by atoms with van der Waals surface area (Å²) in [5, 5.41) is 9.20. The van der Waals surface area contributed by atoms with Crippen LogP contribution in [0.3, 0.4) is 0 Å². The fourth-order valence-corrected chi connectivity index (χ4v) is 4.97. The van der Waals surface area contributed by atoms with Gasteiger partial charge in [0.05, 0.1) is 29.7 Å². The van der Waals surface area contributed by atoms with Crippen LogP contribution in [0.5, 0.6) is 0 Å². The number of aryl methyl sites for hydroxylation is 1. The topological polar surface area (TPSA) is 76.4 Å². The third-order valence-corrected chi connectivity index (χ3v) is 7.00. The quantitative estimate of drug-likeness (QED) is 0.375. The van der Waals surface area contributed by atoms with Gasteiger partial charge in [-0.3, -0.25) is 4.18 Å². The van der Waals surface area contributed by atoms with Gasteiger partial charge in [-0.25, -0.2) is 4.39 Å². The predicted octanol–water partition coefficient (Wildman–Crippen LogP) is 4.97. The minimum absolute atomic E-state index is 0.0197. The minimum Gasteiger partial charge on any atom is -0.361 e. The number of nitrogens with zero attached hydrogens (tertiary/aromatic N) is 1. The zero-order chi connectivity index (χ0) is 22.8. The van der Waals surface area contributed by atoms with E-state index in [9.17, 15) is 18.1 Å². The molecule has 0 saturated carbocycles. The van der Waals surface area contributed by atoms with Crippen LogP contribution in [0, 0.1) is 24.1 Å². The van der Waals surface area contributed by atoms with Crippen LogP contribution in [0.1, 0.15) is 40.7 Å². The molecule has 1 heterocycles. The van der Waals surface area contributed by atoms with Gasteiger partial charge in [0.15, 0.2) is 0 Å². The first-order chi connectivity index (χ1) is 15.3. The smallest absolute Gasteiger partial charge is 0.296 e. The molecule has 5 nitrogen and oxygen atoms in total. The average Bonchev–Trinajstić information content (AvgIpc) is 3.16. The van der Waals surface area contributed by atoms with Crippen LogP contribution < -0.4 is 0 Å².